The van der Waals surface area contributed by atoms with Crippen LogP contribution in [0.3, 0.4) is 0 Å². The molecule has 2 atom stereocenters. The Hall–Kier alpha value is -3.51. The zero-order chi connectivity index (χ0) is 27.5. The van der Waals surface area contributed by atoms with Crippen molar-refractivity contribution in [3.8, 4) is 23.8 Å². The minimum Gasteiger partial charge on any atom is -0.480 e. The Kier molecular flexibility index (Phi) is 11.0. The van der Waals surface area contributed by atoms with Gasteiger partial charge in [0.1, 0.15) is 24.1 Å². The topological polar surface area (TPSA) is 89.0 Å². The summed E-state index contributed by atoms with van der Waals surface area (Å²) < 4.78 is 12.0. The predicted octanol–water partition coefficient (Wildman–Crippen LogP) is 5.41. The molecule has 0 spiro atoms. The Balaban J connectivity index is 1.72. The second-order valence-electron chi connectivity index (χ2n) is 7.99. The number of carbonyl (C=O) groups excluding carboxylic acids is 2. The molecular weight excluding hydrogens is 593 g/mol. The van der Waals surface area contributed by atoms with E-state index in [1.54, 1.807) is 37.3 Å². The number of rotatable bonds is 11. The van der Waals surface area contributed by atoms with Crippen LogP contribution in [-0.2, 0) is 16.0 Å². The maximum Gasteiger partial charge on any atom is 0.262 e. The molecule has 0 aliphatic carbocycles. The summed E-state index contributed by atoms with van der Waals surface area (Å²) in [5, 5.41) is 7.51. The summed E-state index contributed by atoms with van der Waals surface area (Å²) in [6.45, 7) is 1.64. The van der Waals surface area contributed by atoms with E-state index >= 15 is 0 Å². The van der Waals surface area contributed by atoms with Crippen LogP contribution in [0.15, 0.2) is 76.3 Å². The Morgan fingerprint density at radius 3 is 2.53 bits per heavy atom. The van der Waals surface area contributed by atoms with Gasteiger partial charge in [-0.1, -0.05) is 75.4 Å². The van der Waals surface area contributed by atoms with E-state index in [4.69, 9.17) is 39.1 Å². The quantitative estimate of drug-likeness (QED) is 0.171. The third kappa shape index (κ3) is 8.80. The first kappa shape index (κ1) is 29.1. The molecule has 0 bridgehead atoms. The number of halogens is 3. The molecule has 0 saturated heterocycles. The van der Waals surface area contributed by atoms with Crippen LogP contribution in [0.5, 0.6) is 11.5 Å². The van der Waals surface area contributed by atoms with Gasteiger partial charge in [0.05, 0.1) is 11.2 Å². The first-order chi connectivity index (χ1) is 18.3. The van der Waals surface area contributed by atoms with Crippen LogP contribution >= 0.6 is 39.1 Å². The Labute approximate surface area is 239 Å². The summed E-state index contributed by atoms with van der Waals surface area (Å²) >= 11 is 15.5. The summed E-state index contributed by atoms with van der Waals surface area (Å²) in [6, 6.07) is 18.3. The van der Waals surface area contributed by atoms with Crippen molar-refractivity contribution < 1.29 is 19.1 Å². The van der Waals surface area contributed by atoms with Crippen molar-refractivity contribution in [3.05, 3.63) is 92.4 Å². The minimum atomic E-state index is -0.944. The van der Waals surface area contributed by atoms with Crippen LogP contribution in [0, 0.1) is 12.3 Å². The molecule has 0 aliphatic rings. The van der Waals surface area contributed by atoms with Crippen LogP contribution in [0.2, 0.25) is 10.0 Å². The molecule has 0 saturated carbocycles. The highest BCUT2D eigenvalue weighted by atomic mass is 79.9. The van der Waals surface area contributed by atoms with Crippen molar-refractivity contribution in [2.45, 2.75) is 25.5 Å². The fraction of sp³-hybridized carbons (Fsp3) is 0.179. The van der Waals surface area contributed by atoms with Crippen LogP contribution in [-0.4, -0.2) is 36.8 Å². The number of carbonyl (C=O) groups is 2. The van der Waals surface area contributed by atoms with E-state index in [-0.39, 0.29) is 18.1 Å². The highest BCUT2D eigenvalue weighted by molar-refractivity contribution is 9.10. The van der Waals surface area contributed by atoms with Gasteiger partial charge in [-0.3, -0.25) is 9.59 Å². The summed E-state index contributed by atoms with van der Waals surface area (Å²) in [4.78, 5) is 26.0. The largest absolute Gasteiger partial charge is 0.480 e. The fourth-order valence-corrected chi connectivity index (χ4v) is 4.11. The third-order valence-electron chi connectivity index (χ3n) is 5.14. The van der Waals surface area contributed by atoms with E-state index in [1.165, 1.54) is 12.3 Å². The standard InChI is InChI=1S/C28H24BrCl2N3O4/c1-3-13-37-25-11-9-21(29)15-20(25)17-32-34-28(36)24(14-19-7-5-4-6-8-19)33-27(35)18(2)38-26-12-10-22(30)16-23(26)31/h1,4-12,15-18,24H,13-14H2,2H3,(H,33,35)(H,34,36)/b32-17-/t18-,24+/m0/s1. The molecule has 3 aromatic rings. The van der Waals surface area contributed by atoms with Gasteiger partial charge in [0.25, 0.3) is 11.8 Å². The molecule has 10 heteroatoms. The number of benzene rings is 3. The van der Waals surface area contributed by atoms with E-state index in [2.05, 4.69) is 37.7 Å². The van der Waals surface area contributed by atoms with Gasteiger partial charge in [-0.25, -0.2) is 5.43 Å². The number of nitrogens with one attached hydrogen (secondary N) is 2. The van der Waals surface area contributed by atoms with E-state index < -0.39 is 24.0 Å². The van der Waals surface area contributed by atoms with Gasteiger partial charge in [0, 0.05) is 21.5 Å². The van der Waals surface area contributed by atoms with Crippen molar-refractivity contribution in [1.82, 2.24) is 10.7 Å². The summed E-state index contributed by atoms with van der Waals surface area (Å²) in [6.07, 6.45) is 6.00. The zero-order valence-corrected chi connectivity index (χ0v) is 23.4. The molecule has 2 amide bonds. The molecule has 3 rings (SSSR count). The molecule has 0 aliphatic heterocycles. The smallest absolute Gasteiger partial charge is 0.262 e. The van der Waals surface area contributed by atoms with Gasteiger partial charge < -0.3 is 14.8 Å². The maximum atomic E-state index is 13.1. The van der Waals surface area contributed by atoms with Gasteiger partial charge in [-0.05, 0) is 48.9 Å². The first-order valence-corrected chi connectivity index (χ1v) is 13.0. The fourth-order valence-electron chi connectivity index (χ4n) is 3.28. The molecule has 2 N–H and O–H groups in total. The van der Waals surface area contributed by atoms with Crippen LogP contribution in [0.25, 0.3) is 0 Å². The average molecular weight is 617 g/mol. The lowest BCUT2D eigenvalue weighted by Crippen LogP contribution is -2.50. The number of nitrogens with zero attached hydrogens (tertiary/aromatic N) is 1. The summed E-state index contributed by atoms with van der Waals surface area (Å²) in [7, 11) is 0. The second-order valence-corrected chi connectivity index (χ2v) is 9.75. The van der Waals surface area contributed by atoms with Gasteiger partial charge in [-0.15, -0.1) is 6.42 Å². The lowest BCUT2D eigenvalue weighted by atomic mass is 10.1. The Bertz CT molecular complexity index is 1350. The SMILES string of the molecule is C#CCOc1ccc(Br)cc1/C=N\NC(=O)[C@@H](Cc1ccccc1)NC(=O)[C@H](C)Oc1ccc(Cl)cc1Cl. The molecule has 3 aromatic carbocycles. The lowest BCUT2D eigenvalue weighted by molar-refractivity contribution is -0.132. The predicted molar refractivity (Wildman–Crippen MR) is 153 cm³/mol. The highest BCUT2D eigenvalue weighted by Crippen LogP contribution is 2.28. The van der Waals surface area contributed by atoms with E-state index in [0.29, 0.717) is 22.1 Å². The zero-order valence-electron chi connectivity index (χ0n) is 20.3. The van der Waals surface area contributed by atoms with Crippen LogP contribution < -0.4 is 20.2 Å². The number of hydrazone groups is 1. The number of amides is 2. The number of terminal acetylenes is 1. The van der Waals surface area contributed by atoms with E-state index in [1.807, 2.05) is 30.3 Å². The molecule has 0 fully saturated rings. The first-order valence-electron chi connectivity index (χ1n) is 11.4. The van der Waals surface area contributed by atoms with Gasteiger partial charge in [0.2, 0.25) is 0 Å². The monoisotopic (exact) mass is 615 g/mol. The van der Waals surface area contributed by atoms with Crippen molar-refractivity contribution >= 4 is 57.2 Å². The average Bonchev–Trinajstić information content (AvgIpc) is 2.89. The molecule has 0 aromatic heterocycles. The van der Waals surface area contributed by atoms with Crippen molar-refractivity contribution in [1.29, 1.82) is 0 Å². The van der Waals surface area contributed by atoms with Crippen molar-refractivity contribution in [2.75, 3.05) is 6.61 Å². The number of hydrogen-bond donors (Lipinski definition) is 2. The third-order valence-corrected chi connectivity index (χ3v) is 6.17. The summed E-state index contributed by atoms with van der Waals surface area (Å²) in [5.74, 6) is 2.18. The molecule has 0 heterocycles. The number of hydrogen-bond acceptors (Lipinski definition) is 5. The molecule has 196 valence electrons. The van der Waals surface area contributed by atoms with Crippen LogP contribution in [0.4, 0.5) is 0 Å². The molecule has 38 heavy (non-hydrogen) atoms. The Morgan fingerprint density at radius 1 is 1.08 bits per heavy atom. The van der Waals surface area contributed by atoms with Crippen molar-refractivity contribution in [2.24, 2.45) is 5.10 Å². The molecule has 7 nitrogen and oxygen atoms in total. The van der Waals surface area contributed by atoms with Gasteiger partial charge in [0.15, 0.2) is 6.10 Å². The maximum absolute atomic E-state index is 13.1. The summed E-state index contributed by atoms with van der Waals surface area (Å²) in [5.41, 5.74) is 3.94. The molecule has 0 radical (unpaired) electrons. The highest BCUT2D eigenvalue weighted by Gasteiger charge is 2.25. The lowest BCUT2D eigenvalue weighted by Gasteiger charge is -2.21. The minimum absolute atomic E-state index is 0.0848. The molecular formula is C28H24BrCl2N3O4. The van der Waals surface area contributed by atoms with E-state index in [0.717, 1.165) is 10.0 Å². The normalized spacial score (nSPS) is 12.3. The number of ether oxygens (including phenoxy) is 2. The van der Waals surface area contributed by atoms with Crippen molar-refractivity contribution in [3.63, 3.8) is 0 Å². The van der Waals surface area contributed by atoms with Gasteiger partial charge in [-0.2, -0.15) is 5.10 Å². The second kappa shape index (κ2) is 14.4. The molecule has 0 unspecified atom stereocenters. The van der Waals surface area contributed by atoms with Crippen LogP contribution in [0.1, 0.15) is 18.1 Å². The Morgan fingerprint density at radius 2 is 1.82 bits per heavy atom. The van der Waals surface area contributed by atoms with E-state index in [9.17, 15) is 9.59 Å². The van der Waals surface area contributed by atoms with Gasteiger partial charge >= 0.3 is 0 Å².